The Bertz CT molecular complexity index is 605. The van der Waals surface area contributed by atoms with E-state index < -0.39 is 5.97 Å². The summed E-state index contributed by atoms with van der Waals surface area (Å²) in [6.45, 7) is 6.10. The lowest BCUT2D eigenvalue weighted by Gasteiger charge is -2.12. The van der Waals surface area contributed by atoms with Crippen molar-refractivity contribution in [2.75, 3.05) is 0 Å². The Morgan fingerprint density at radius 3 is 2.74 bits per heavy atom. The Labute approximate surface area is 119 Å². The predicted octanol–water partition coefficient (Wildman–Crippen LogP) is 3.08. The van der Waals surface area contributed by atoms with E-state index in [9.17, 15) is 4.79 Å². The lowest BCUT2D eigenvalue weighted by molar-refractivity contribution is 0.0692. The third kappa shape index (κ3) is 3.30. The number of nitrogens with zero attached hydrogens (tertiary/aromatic N) is 3. The molecule has 0 saturated heterocycles. The van der Waals surface area contributed by atoms with Crippen LogP contribution in [0.4, 0.5) is 0 Å². The van der Waals surface area contributed by atoms with Crippen molar-refractivity contribution in [2.24, 2.45) is 0 Å². The smallest absolute Gasteiger partial charge is 0.338 e. The Morgan fingerprint density at radius 1 is 1.42 bits per heavy atom. The highest BCUT2D eigenvalue weighted by molar-refractivity contribution is 8.01. The van der Waals surface area contributed by atoms with Crippen molar-refractivity contribution in [1.82, 2.24) is 14.3 Å². The summed E-state index contributed by atoms with van der Waals surface area (Å²) in [4.78, 5) is 19.6. The van der Waals surface area contributed by atoms with E-state index in [1.54, 1.807) is 12.3 Å². The van der Waals surface area contributed by atoms with Crippen molar-refractivity contribution in [3.8, 4) is 0 Å². The van der Waals surface area contributed by atoms with Crippen LogP contribution in [-0.4, -0.2) is 25.4 Å². The van der Waals surface area contributed by atoms with E-state index in [0.717, 1.165) is 5.82 Å². The summed E-state index contributed by atoms with van der Waals surface area (Å²) in [5, 5.41) is 9.53. The van der Waals surface area contributed by atoms with Crippen molar-refractivity contribution < 1.29 is 9.90 Å². The first-order chi connectivity index (χ1) is 8.88. The molecule has 0 fully saturated rings. The average Bonchev–Trinajstić information content (AvgIpc) is 2.77. The zero-order chi connectivity index (χ0) is 14.0. The summed E-state index contributed by atoms with van der Waals surface area (Å²) in [6.07, 6.45) is 1.57. The van der Waals surface area contributed by atoms with Crippen molar-refractivity contribution >= 4 is 29.3 Å². The quantitative estimate of drug-likeness (QED) is 0.937. The number of carboxylic acid groups (broad SMARTS) is 1. The topological polar surface area (TPSA) is 76.0 Å². The monoisotopic (exact) mass is 295 g/mol. The van der Waals surface area contributed by atoms with Gasteiger partial charge in [0.15, 0.2) is 4.34 Å². The van der Waals surface area contributed by atoms with E-state index in [2.05, 4.69) is 14.3 Å². The summed E-state index contributed by atoms with van der Waals surface area (Å²) >= 11 is 2.49. The summed E-state index contributed by atoms with van der Waals surface area (Å²) in [5.74, 6) is -0.232. The minimum Gasteiger partial charge on any atom is -0.478 e. The van der Waals surface area contributed by atoms with Crippen LogP contribution in [0, 0.1) is 0 Å². The Hall–Kier alpha value is -1.47. The van der Waals surface area contributed by atoms with Crippen LogP contribution in [0.1, 0.15) is 37.0 Å². The molecular weight excluding hydrogens is 282 g/mol. The molecular formula is C12H13N3O2S2. The van der Waals surface area contributed by atoms with Gasteiger partial charge >= 0.3 is 5.97 Å². The van der Waals surface area contributed by atoms with Gasteiger partial charge in [0, 0.05) is 11.6 Å². The number of aromatic nitrogens is 3. The van der Waals surface area contributed by atoms with Crippen molar-refractivity contribution in [1.29, 1.82) is 0 Å². The van der Waals surface area contributed by atoms with E-state index in [4.69, 9.17) is 5.11 Å². The molecule has 0 aliphatic rings. The average molecular weight is 295 g/mol. The third-order valence-corrected chi connectivity index (χ3v) is 4.03. The van der Waals surface area contributed by atoms with Crippen molar-refractivity contribution in [2.45, 2.75) is 35.6 Å². The van der Waals surface area contributed by atoms with Gasteiger partial charge in [-0.3, -0.25) is 0 Å². The van der Waals surface area contributed by atoms with Crippen LogP contribution in [-0.2, 0) is 5.41 Å². The molecule has 2 rings (SSSR count). The molecule has 2 heterocycles. The summed E-state index contributed by atoms with van der Waals surface area (Å²) in [7, 11) is 0. The molecule has 2 aromatic heterocycles. The fourth-order valence-electron chi connectivity index (χ4n) is 1.27. The Morgan fingerprint density at radius 2 is 2.16 bits per heavy atom. The van der Waals surface area contributed by atoms with Crippen molar-refractivity contribution in [3.05, 3.63) is 29.7 Å². The van der Waals surface area contributed by atoms with Gasteiger partial charge < -0.3 is 5.11 Å². The molecule has 7 heteroatoms. The molecule has 2 aromatic rings. The second kappa shape index (κ2) is 5.26. The Balaban J connectivity index is 2.27. The van der Waals surface area contributed by atoms with Crippen molar-refractivity contribution in [3.63, 3.8) is 0 Å². The zero-order valence-corrected chi connectivity index (χ0v) is 12.4. The highest BCUT2D eigenvalue weighted by Crippen LogP contribution is 2.32. The molecule has 0 aromatic carbocycles. The lowest BCUT2D eigenvalue weighted by Crippen LogP contribution is -2.12. The standard InChI is InChI=1S/C12H13N3O2S2/c1-12(2,3)10-14-11(19-15-10)18-8-7(9(16)17)5-4-6-13-8/h4-6H,1-3H3,(H,16,17). The molecule has 0 bridgehead atoms. The van der Waals surface area contributed by atoms with Crippen LogP contribution in [0.3, 0.4) is 0 Å². The number of hydrogen-bond donors (Lipinski definition) is 1. The highest BCUT2D eigenvalue weighted by Gasteiger charge is 2.21. The van der Waals surface area contributed by atoms with Gasteiger partial charge in [-0.2, -0.15) is 4.37 Å². The van der Waals surface area contributed by atoms with Gasteiger partial charge in [0.25, 0.3) is 0 Å². The number of hydrogen-bond acceptors (Lipinski definition) is 6. The van der Waals surface area contributed by atoms with E-state index in [0.29, 0.717) is 9.37 Å². The molecule has 0 aliphatic carbocycles. The maximum atomic E-state index is 11.1. The molecule has 0 saturated carbocycles. The van der Waals surface area contributed by atoms with Crippen LogP contribution >= 0.6 is 23.3 Å². The van der Waals surface area contributed by atoms with E-state index in [1.807, 2.05) is 20.8 Å². The fourth-order valence-corrected chi connectivity index (χ4v) is 3.05. The zero-order valence-electron chi connectivity index (χ0n) is 10.7. The highest BCUT2D eigenvalue weighted by atomic mass is 32.2. The van der Waals surface area contributed by atoms with Gasteiger partial charge in [-0.1, -0.05) is 20.8 Å². The second-order valence-corrected chi connectivity index (χ2v) is 6.89. The third-order valence-electron chi connectivity index (χ3n) is 2.26. The molecule has 1 N–H and O–H groups in total. The summed E-state index contributed by atoms with van der Waals surface area (Å²) in [5.41, 5.74) is 0.0645. The molecule has 0 aliphatic heterocycles. The van der Waals surface area contributed by atoms with Crippen LogP contribution in [0.15, 0.2) is 27.7 Å². The van der Waals surface area contributed by atoms with E-state index in [-0.39, 0.29) is 11.0 Å². The molecule has 19 heavy (non-hydrogen) atoms. The first kappa shape index (κ1) is 14.0. The largest absolute Gasteiger partial charge is 0.478 e. The number of pyridine rings is 1. The first-order valence-corrected chi connectivity index (χ1v) is 7.17. The number of carbonyl (C=O) groups is 1. The van der Waals surface area contributed by atoms with E-state index >= 15 is 0 Å². The summed E-state index contributed by atoms with van der Waals surface area (Å²) < 4.78 is 4.99. The molecule has 100 valence electrons. The van der Waals surface area contributed by atoms with Crippen LogP contribution in [0.25, 0.3) is 0 Å². The SMILES string of the molecule is CC(C)(C)c1nsc(Sc2ncccc2C(=O)O)n1. The normalized spacial score (nSPS) is 11.5. The minimum absolute atomic E-state index is 0.116. The van der Waals surface area contributed by atoms with Gasteiger partial charge in [0.1, 0.15) is 10.9 Å². The molecule has 0 spiro atoms. The molecule has 0 atom stereocenters. The second-order valence-electron chi connectivity index (χ2n) is 4.90. The fraction of sp³-hybridized carbons (Fsp3) is 0.333. The predicted molar refractivity (Wildman–Crippen MR) is 73.9 cm³/mol. The Kier molecular flexibility index (Phi) is 3.86. The molecule has 0 amide bonds. The maximum Gasteiger partial charge on any atom is 0.338 e. The maximum absolute atomic E-state index is 11.1. The molecule has 0 radical (unpaired) electrons. The minimum atomic E-state index is -0.990. The van der Waals surface area contributed by atoms with Gasteiger partial charge in [-0.05, 0) is 35.4 Å². The van der Waals surface area contributed by atoms with Crippen LogP contribution in [0.2, 0.25) is 0 Å². The number of carboxylic acids is 1. The number of rotatable bonds is 3. The summed E-state index contributed by atoms with van der Waals surface area (Å²) in [6, 6.07) is 3.14. The van der Waals surface area contributed by atoms with Gasteiger partial charge in [0.05, 0.1) is 5.56 Å². The molecule has 0 unspecified atom stereocenters. The first-order valence-electron chi connectivity index (χ1n) is 5.58. The lowest BCUT2D eigenvalue weighted by atomic mass is 9.96. The van der Waals surface area contributed by atoms with Gasteiger partial charge in [-0.25, -0.2) is 14.8 Å². The number of aromatic carboxylic acids is 1. The van der Waals surface area contributed by atoms with Crippen LogP contribution in [0.5, 0.6) is 0 Å². The molecule has 5 nitrogen and oxygen atoms in total. The van der Waals surface area contributed by atoms with Gasteiger partial charge in [-0.15, -0.1) is 0 Å². The van der Waals surface area contributed by atoms with Crippen LogP contribution < -0.4 is 0 Å². The van der Waals surface area contributed by atoms with E-state index in [1.165, 1.54) is 29.4 Å². The van der Waals surface area contributed by atoms with Gasteiger partial charge in [0.2, 0.25) is 0 Å².